The minimum atomic E-state index is -0.110. The smallest absolute Gasteiger partial charge is 0.0576 e. The van der Waals surface area contributed by atoms with Crippen molar-refractivity contribution in [2.75, 3.05) is 6.61 Å². The highest BCUT2D eigenvalue weighted by Crippen LogP contribution is 2.32. The number of thioether (sulfide) groups is 1. The molecule has 1 N–H and O–H groups in total. The van der Waals surface area contributed by atoms with Crippen LogP contribution >= 0.6 is 27.7 Å². The topological polar surface area (TPSA) is 20.2 Å². The van der Waals surface area contributed by atoms with Gasteiger partial charge in [0.25, 0.3) is 0 Å². The average Bonchev–Trinajstić information content (AvgIpc) is 2.03. The summed E-state index contributed by atoms with van der Waals surface area (Å²) in [5.74, 6) is 0. The van der Waals surface area contributed by atoms with E-state index in [4.69, 9.17) is 5.11 Å². The molecule has 0 saturated heterocycles. The zero-order chi connectivity index (χ0) is 9.90. The van der Waals surface area contributed by atoms with Crippen LogP contribution in [0.25, 0.3) is 0 Å². The number of hydrogen-bond acceptors (Lipinski definition) is 2. The third-order valence-electron chi connectivity index (χ3n) is 1.57. The second kappa shape index (κ2) is 4.49. The maximum Gasteiger partial charge on any atom is 0.0576 e. The van der Waals surface area contributed by atoms with Gasteiger partial charge in [-0.3, -0.25) is 0 Å². The maximum atomic E-state index is 9.09. The van der Waals surface area contributed by atoms with Gasteiger partial charge in [-0.1, -0.05) is 22.0 Å². The van der Waals surface area contributed by atoms with Crippen molar-refractivity contribution in [1.82, 2.24) is 0 Å². The summed E-state index contributed by atoms with van der Waals surface area (Å²) in [5, 5.41) is 9.09. The molecule has 1 rings (SSSR count). The largest absolute Gasteiger partial charge is 0.395 e. The van der Waals surface area contributed by atoms with E-state index in [0.717, 1.165) is 4.47 Å². The van der Waals surface area contributed by atoms with Gasteiger partial charge in [0.2, 0.25) is 0 Å². The molecule has 0 amide bonds. The van der Waals surface area contributed by atoms with Crippen LogP contribution in [0, 0.1) is 0 Å². The van der Waals surface area contributed by atoms with Crippen LogP contribution < -0.4 is 0 Å². The van der Waals surface area contributed by atoms with E-state index in [0.29, 0.717) is 0 Å². The highest BCUT2D eigenvalue weighted by molar-refractivity contribution is 9.10. The van der Waals surface area contributed by atoms with E-state index in [9.17, 15) is 0 Å². The maximum absolute atomic E-state index is 9.09. The minimum Gasteiger partial charge on any atom is -0.395 e. The first kappa shape index (κ1) is 11.1. The molecule has 0 unspecified atom stereocenters. The van der Waals surface area contributed by atoms with Gasteiger partial charge in [0.15, 0.2) is 0 Å². The molecular weight excluding hydrogens is 248 g/mol. The first-order chi connectivity index (χ1) is 6.03. The van der Waals surface area contributed by atoms with Crippen molar-refractivity contribution in [2.24, 2.45) is 0 Å². The van der Waals surface area contributed by atoms with Gasteiger partial charge in [-0.05, 0) is 32.0 Å². The number of hydrogen-bond donors (Lipinski definition) is 1. The van der Waals surface area contributed by atoms with E-state index >= 15 is 0 Å². The molecule has 0 saturated carbocycles. The van der Waals surface area contributed by atoms with E-state index in [-0.39, 0.29) is 11.4 Å². The van der Waals surface area contributed by atoms with Crippen LogP contribution in [0.4, 0.5) is 0 Å². The van der Waals surface area contributed by atoms with Crippen LogP contribution in [0.1, 0.15) is 13.8 Å². The summed E-state index contributed by atoms with van der Waals surface area (Å²) in [6.07, 6.45) is 0. The van der Waals surface area contributed by atoms with E-state index in [2.05, 4.69) is 22.0 Å². The summed E-state index contributed by atoms with van der Waals surface area (Å²) in [6, 6.07) is 8.10. The van der Waals surface area contributed by atoms with Gasteiger partial charge in [0, 0.05) is 14.1 Å². The standard InChI is InChI=1S/C10H13BrOS/c1-10(2,7-12)13-9-5-3-4-8(11)6-9/h3-6,12H,7H2,1-2H3. The fourth-order valence-corrected chi connectivity index (χ4v) is 2.47. The predicted molar refractivity (Wildman–Crippen MR) is 61.2 cm³/mol. The second-order valence-corrected chi connectivity index (χ2v) is 6.17. The molecule has 0 spiro atoms. The molecule has 0 fully saturated rings. The van der Waals surface area contributed by atoms with Gasteiger partial charge in [0.05, 0.1) is 6.61 Å². The van der Waals surface area contributed by atoms with Crippen molar-refractivity contribution in [3.05, 3.63) is 28.7 Å². The molecule has 0 aromatic heterocycles. The molecule has 0 aliphatic heterocycles. The highest BCUT2D eigenvalue weighted by atomic mass is 79.9. The van der Waals surface area contributed by atoms with Crippen LogP contribution in [-0.4, -0.2) is 16.5 Å². The highest BCUT2D eigenvalue weighted by Gasteiger charge is 2.17. The number of halogens is 1. The molecule has 1 aromatic rings. The molecule has 1 nitrogen and oxygen atoms in total. The lowest BCUT2D eigenvalue weighted by Crippen LogP contribution is -2.19. The van der Waals surface area contributed by atoms with E-state index < -0.39 is 0 Å². The SMILES string of the molecule is CC(C)(CO)Sc1cccc(Br)c1. The Bertz CT molecular complexity index is 286. The fraction of sp³-hybridized carbons (Fsp3) is 0.400. The fourth-order valence-electron chi connectivity index (χ4n) is 0.882. The van der Waals surface area contributed by atoms with Gasteiger partial charge in [-0.25, -0.2) is 0 Å². The van der Waals surface area contributed by atoms with Crippen molar-refractivity contribution < 1.29 is 5.11 Å². The zero-order valence-electron chi connectivity index (χ0n) is 7.75. The second-order valence-electron chi connectivity index (χ2n) is 3.48. The Balaban J connectivity index is 2.74. The lowest BCUT2D eigenvalue weighted by molar-refractivity contribution is 0.265. The van der Waals surface area contributed by atoms with Crippen LogP contribution in [0.5, 0.6) is 0 Å². The van der Waals surface area contributed by atoms with Crippen LogP contribution in [0.3, 0.4) is 0 Å². The molecule has 0 aliphatic rings. The van der Waals surface area contributed by atoms with Crippen molar-refractivity contribution in [3.8, 4) is 0 Å². The number of benzene rings is 1. The molecule has 0 bridgehead atoms. The normalized spacial score (nSPS) is 11.7. The predicted octanol–water partition coefficient (Wildman–Crippen LogP) is 3.31. The number of aliphatic hydroxyl groups excluding tert-OH is 1. The van der Waals surface area contributed by atoms with Gasteiger partial charge >= 0.3 is 0 Å². The summed E-state index contributed by atoms with van der Waals surface area (Å²) in [6.45, 7) is 4.24. The Morgan fingerprint density at radius 1 is 1.46 bits per heavy atom. The van der Waals surface area contributed by atoms with E-state index in [1.807, 2.05) is 32.0 Å². The summed E-state index contributed by atoms with van der Waals surface area (Å²) < 4.78 is 0.965. The van der Waals surface area contributed by atoms with E-state index in [1.165, 1.54) is 4.90 Å². The first-order valence-electron chi connectivity index (χ1n) is 4.09. The number of aliphatic hydroxyl groups is 1. The lowest BCUT2D eigenvalue weighted by Gasteiger charge is -2.20. The Morgan fingerprint density at radius 3 is 2.69 bits per heavy atom. The number of rotatable bonds is 3. The lowest BCUT2D eigenvalue weighted by atomic mass is 10.2. The van der Waals surface area contributed by atoms with Gasteiger partial charge in [-0.2, -0.15) is 0 Å². The molecule has 3 heteroatoms. The van der Waals surface area contributed by atoms with Crippen molar-refractivity contribution in [3.63, 3.8) is 0 Å². The molecule has 0 heterocycles. The molecule has 13 heavy (non-hydrogen) atoms. The zero-order valence-corrected chi connectivity index (χ0v) is 10.2. The van der Waals surface area contributed by atoms with Gasteiger partial charge < -0.3 is 5.11 Å². The molecule has 0 aliphatic carbocycles. The van der Waals surface area contributed by atoms with Crippen molar-refractivity contribution in [1.29, 1.82) is 0 Å². The third-order valence-corrected chi connectivity index (χ3v) is 3.24. The van der Waals surface area contributed by atoms with Gasteiger partial charge in [0.1, 0.15) is 0 Å². The first-order valence-corrected chi connectivity index (χ1v) is 5.70. The van der Waals surface area contributed by atoms with Crippen molar-refractivity contribution >= 4 is 27.7 Å². The Kier molecular flexibility index (Phi) is 3.83. The molecule has 1 aromatic carbocycles. The summed E-state index contributed by atoms with van der Waals surface area (Å²) in [5.41, 5.74) is 0. The van der Waals surface area contributed by atoms with Crippen molar-refractivity contribution in [2.45, 2.75) is 23.5 Å². The molecular formula is C10H13BrOS. The third kappa shape index (κ3) is 3.71. The molecule has 0 atom stereocenters. The minimum absolute atomic E-state index is 0.110. The molecule has 72 valence electrons. The van der Waals surface area contributed by atoms with Crippen LogP contribution in [0.15, 0.2) is 33.6 Å². The Morgan fingerprint density at radius 2 is 2.15 bits per heavy atom. The van der Waals surface area contributed by atoms with E-state index in [1.54, 1.807) is 11.8 Å². The average molecular weight is 261 g/mol. The monoisotopic (exact) mass is 260 g/mol. The quantitative estimate of drug-likeness (QED) is 0.842. The summed E-state index contributed by atoms with van der Waals surface area (Å²) in [4.78, 5) is 1.17. The van der Waals surface area contributed by atoms with Gasteiger partial charge in [-0.15, -0.1) is 11.8 Å². The Hall–Kier alpha value is 0.01000. The molecule has 0 radical (unpaired) electrons. The van der Waals surface area contributed by atoms with Crippen LogP contribution in [-0.2, 0) is 0 Å². The Labute approximate surface area is 91.7 Å². The summed E-state index contributed by atoms with van der Waals surface area (Å²) in [7, 11) is 0. The summed E-state index contributed by atoms with van der Waals surface area (Å²) >= 11 is 5.10. The van der Waals surface area contributed by atoms with Crippen LogP contribution in [0.2, 0.25) is 0 Å².